The Morgan fingerprint density at radius 3 is 2.83 bits per heavy atom. The molecule has 1 unspecified atom stereocenters. The van der Waals surface area contributed by atoms with Crippen LogP contribution in [0.1, 0.15) is 38.5 Å². The fourth-order valence-corrected chi connectivity index (χ4v) is 1.37. The van der Waals surface area contributed by atoms with Gasteiger partial charge in [0.05, 0.1) is 19.1 Å². The smallest absolute Gasteiger partial charge is 0.308 e. The van der Waals surface area contributed by atoms with Crippen molar-refractivity contribution in [3.05, 3.63) is 0 Å². The normalized spacial score (nSPS) is 27.8. The molecule has 70 valence electrons. The lowest BCUT2D eigenvalue weighted by atomic mass is 10.1. The average molecular weight is 172 g/mol. The zero-order valence-electron chi connectivity index (χ0n) is 7.29. The second kappa shape index (κ2) is 5.14. The van der Waals surface area contributed by atoms with Crippen molar-refractivity contribution in [3.63, 3.8) is 0 Å². The van der Waals surface area contributed by atoms with Gasteiger partial charge in [0, 0.05) is 0 Å². The number of carbonyl (C=O) groups is 1. The van der Waals surface area contributed by atoms with Crippen LogP contribution in [0.2, 0.25) is 0 Å². The van der Waals surface area contributed by atoms with E-state index in [4.69, 9.17) is 4.74 Å². The molecular formula is C9H16O3. The predicted molar refractivity (Wildman–Crippen MR) is 44.7 cm³/mol. The van der Waals surface area contributed by atoms with Crippen molar-refractivity contribution in [2.24, 2.45) is 0 Å². The molecule has 1 fully saturated rings. The second-order valence-electron chi connectivity index (χ2n) is 3.28. The number of hydrogen-bond acceptors (Lipinski definition) is 3. The molecule has 0 aromatic rings. The van der Waals surface area contributed by atoms with Gasteiger partial charge in [-0.3, -0.25) is 4.79 Å². The number of hydrogen-bond donors (Lipinski definition) is 1. The summed E-state index contributed by atoms with van der Waals surface area (Å²) in [6.45, 7) is 0.519. The topological polar surface area (TPSA) is 46.5 Å². The van der Waals surface area contributed by atoms with E-state index in [1.807, 2.05) is 0 Å². The molecule has 1 N–H and O–H groups in total. The number of carbonyl (C=O) groups excluding carboxylic acids is 1. The quantitative estimate of drug-likeness (QED) is 0.559. The molecule has 0 amide bonds. The number of ether oxygens (including phenoxy) is 1. The van der Waals surface area contributed by atoms with Crippen molar-refractivity contribution in [3.8, 4) is 0 Å². The molecule has 1 saturated heterocycles. The van der Waals surface area contributed by atoms with Gasteiger partial charge in [-0.25, -0.2) is 0 Å². The summed E-state index contributed by atoms with van der Waals surface area (Å²) in [7, 11) is 0. The van der Waals surface area contributed by atoms with Crippen molar-refractivity contribution in [1.82, 2.24) is 0 Å². The van der Waals surface area contributed by atoms with Crippen molar-refractivity contribution >= 4 is 5.97 Å². The highest BCUT2D eigenvalue weighted by Gasteiger charge is 2.12. The number of cyclic esters (lactones) is 1. The monoisotopic (exact) mass is 172 g/mol. The van der Waals surface area contributed by atoms with Crippen molar-refractivity contribution in [1.29, 1.82) is 0 Å². The summed E-state index contributed by atoms with van der Waals surface area (Å²) in [6.07, 6.45) is 4.62. The molecule has 1 heterocycles. The van der Waals surface area contributed by atoms with Crippen LogP contribution in [0.25, 0.3) is 0 Å². The summed E-state index contributed by atoms with van der Waals surface area (Å²) >= 11 is 0. The lowest BCUT2D eigenvalue weighted by molar-refractivity contribution is -0.146. The summed E-state index contributed by atoms with van der Waals surface area (Å²) in [5.74, 6) is -0.260. The third-order valence-corrected chi connectivity index (χ3v) is 2.10. The van der Waals surface area contributed by atoms with Gasteiger partial charge in [-0.15, -0.1) is 0 Å². The van der Waals surface area contributed by atoms with Gasteiger partial charge in [0.25, 0.3) is 0 Å². The largest absolute Gasteiger partial charge is 0.466 e. The number of aliphatic hydroxyl groups is 1. The van der Waals surface area contributed by atoms with Gasteiger partial charge in [-0.1, -0.05) is 19.3 Å². The Balaban J connectivity index is 2.29. The first-order valence-electron chi connectivity index (χ1n) is 4.63. The fourth-order valence-electron chi connectivity index (χ4n) is 1.37. The lowest BCUT2D eigenvalue weighted by Gasteiger charge is -2.12. The maximum atomic E-state index is 10.9. The van der Waals surface area contributed by atoms with Crippen LogP contribution in [-0.2, 0) is 9.53 Å². The third-order valence-electron chi connectivity index (χ3n) is 2.10. The predicted octanol–water partition coefficient (Wildman–Crippen LogP) is 1.24. The Hall–Kier alpha value is -0.570. The number of rotatable bonds is 0. The molecule has 0 spiro atoms. The van der Waals surface area contributed by atoms with E-state index in [0.717, 1.165) is 32.1 Å². The first-order chi connectivity index (χ1) is 5.79. The molecule has 0 aromatic carbocycles. The molecule has 0 saturated carbocycles. The molecule has 1 rings (SSSR count). The molecule has 1 atom stereocenters. The highest BCUT2D eigenvalue weighted by molar-refractivity contribution is 5.69. The zero-order chi connectivity index (χ0) is 8.81. The first-order valence-corrected chi connectivity index (χ1v) is 4.63. The van der Waals surface area contributed by atoms with E-state index in [-0.39, 0.29) is 12.4 Å². The maximum absolute atomic E-state index is 10.9. The molecular weight excluding hydrogens is 156 g/mol. The fraction of sp³-hybridized carbons (Fsp3) is 0.889. The number of aliphatic hydroxyl groups excluding tert-OH is 1. The molecule has 0 aliphatic carbocycles. The summed E-state index contributed by atoms with van der Waals surface area (Å²) in [6, 6.07) is 0. The minimum absolute atomic E-state index is 0.167. The Morgan fingerprint density at radius 1 is 1.25 bits per heavy atom. The van der Waals surface area contributed by atoms with E-state index >= 15 is 0 Å². The van der Waals surface area contributed by atoms with Crippen LogP contribution in [-0.4, -0.2) is 23.8 Å². The summed E-state index contributed by atoms with van der Waals surface area (Å²) in [5.41, 5.74) is 0. The van der Waals surface area contributed by atoms with Crippen LogP contribution in [0.15, 0.2) is 0 Å². The molecule has 0 bridgehead atoms. The van der Waals surface area contributed by atoms with Gasteiger partial charge in [0.1, 0.15) is 0 Å². The second-order valence-corrected chi connectivity index (χ2v) is 3.28. The average Bonchev–Trinajstić information content (AvgIpc) is 2.02. The van der Waals surface area contributed by atoms with Crippen LogP contribution in [0.4, 0.5) is 0 Å². The van der Waals surface area contributed by atoms with E-state index in [9.17, 15) is 9.90 Å². The standard InChI is InChI=1S/C9H16O3/c10-8-5-3-1-2-4-6-12-9(11)7-8/h8,10H,1-7H2. The van der Waals surface area contributed by atoms with Gasteiger partial charge >= 0.3 is 5.97 Å². The van der Waals surface area contributed by atoms with Gasteiger partial charge < -0.3 is 9.84 Å². The van der Waals surface area contributed by atoms with Crippen LogP contribution < -0.4 is 0 Å². The van der Waals surface area contributed by atoms with Gasteiger partial charge in [-0.05, 0) is 12.8 Å². The van der Waals surface area contributed by atoms with Crippen LogP contribution in [0.3, 0.4) is 0 Å². The Labute approximate surface area is 72.7 Å². The van der Waals surface area contributed by atoms with Gasteiger partial charge in [0.15, 0.2) is 0 Å². The van der Waals surface area contributed by atoms with Crippen LogP contribution in [0, 0.1) is 0 Å². The highest BCUT2D eigenvalue weighted by Crippen LogP contribution is 2.11. The molecule has 0 radical (unpaired) electrons. The van der Waals surface area contributed by atoms with Gasteiger partial charge in [-0.2, -0.15) is 0 Å². The summed E-state index contributed by atoms with van der Waals surface area (Å²) in [5, 5.41) is 9.30. The van der Waals surface area contributed by atoms with Gasteiger partial charge in [0.2, 0.25) is 0 Å². The van der Waals surface area contributed by atoms with Crippen molar-refractivity contribution in [2.45, 2.75) is 44.6 Å². The third kappa shape index (κ3) is 3.72. The maximum Gasteiger partial charge on any atom is 0.308 e. The molecule has 12 heavy (non-hydrogen) atoms. The lowest BCUT2D eigenvalue weighted by Crippen LogP contribution is -2.17. The molecule has 3 heteroatoms. The summed E-state index contributed by atoms with van der Waals surface area (Å²) in [4.78, 5) is 10.9. The van der Waals surface area contributed by atoms with E-state index in [2.05, 4.69) is 0 Å². The minimum Gasteiger partial charge on any atom is -0.466 e. The molecule has 3 nitrogen and oxygen atoms in total. The minimum atomic E-state index is -0.490. The zero-order valence-corrected chi connectivity index (χ0v) is 7.29. The Bertz CT molecular complexity index is 145. The highest BCUT2D eigenvalue weighted by atomic mass is 16.5. The van der Waals surface area contributed by atoms with Crippen LogP contribution >= 0.6 is 0 Å². The van der Waals surface area contributed by atoms with Crippen molar-refractivity contribution in [2.75, 3.05) is 6.61 Å². The molecule has 1 aliphatic heterocycles. The molecule has 1 aliphatic rings. The Kier molecular flexibility index (Phi) is 4.08. The van der Waals surface area contributed by atoms with Crippen molar-refractivity contribution < 1.29 is 14.6 Å². The number of esters is 1. The van der Waals surface area contributed by atoms with E-state index < -0.39 is 6.10 Å². The summed E-state index contributed by atoms with van der Waals surface area (Å²) < 4.78 is 4.89. The Morgan fingerprint density at radius 2 is 2.00 bits per heavy atom. The van der Waals surface area contributed by atoms with Crippen LogP contribution in [0.5, 0.6) is 0 Å². The SMILES string of the molecule is O=C1CC(O)CCCCCCO1. The van der Waals surface area contributed by atoms with E-state index in [1.165, 1.54) is 0 Å². The molecule has 0 aromatic heterocycles. The first kappa shape index (κ1) is 9.52. The van der Waals surface area contributed by atoms with E-state index in [1.54, 1.807) is 0 Å². The van der Waals surface area contributed by atoms with E-state index in [0.29, 0.717) is 6.61 Å².